The smallest absolute Gasteiger partial charge is 0.543 e. The molecule has 0 aromatic heterocycles. The molecule has 14 heteroatoms. The predicted molar refractivity (Wildman–Crippen MR) is 128 cm³/mol. The number of nitrogens with zero attached hydrogens (tertiary/aromatic N) is 3. The fourth-order valence-electron chi connectivity index (χ4n) is 4.09. The van der Waals surface area contributed by atoms with Gasteiger partial charge in [0, 0.05) is 42.4 Å². The third-order valence-electron chi connectivity index (χ3n) is 5.94. The van der Waals surface area contributed by atoms with Gasteiger partial charge in [-0.1, -0.05) is 24.0 Å². The molecule has 0 saturated carbocycles. The van der Waals surface area contributed by atoms with E-state index < -0.39 is 29.3 Å². The number of carboxylic acids is 1. The summed E-state index contributed by atoms with van der Waals surface area (Å²) < 4.78 is 0.549. The standard InChI is InChI=1S/C21H23N3O7S3.Na/c1-10(25)15-18(29)24-16(20(30)31)14(34-19(15)24)9-33-21(32)23-6-4-22(5-7-23)17(28)11-2-3-12(26)13(27)8-11;/h2-3,8,10,15,19,25-27H,4-7,9H2,1H3,(H,30,31);/q;+1/p-1/t10-,15+,19-;/m1./s1. The molecule has 10 nitrogen and oxygen atoms in total. The van der Waals surface area contributed by atoms with Gasteiger partial charge in [0.2, 0.25) is 5.91 Å². The molecule has 3 aliphatic heterocycles. The van der Waals surface area contributed by atoms with Crippen molar-refractivity contribution in [2.45, 2.75) is 18.4 Å². The van der Waals surface area contributed by atoms with E-state index in [0.29, 0.717) is 35.4 Å². The van der Waals surface area contributed by atoms with Crippen LogP contribution in [-0.4, -0.2) is 95.5 Å². The van der Waals surface area contributed by atoms with Gasteiger partial charge < -0.3 is 35.0 Å². The van der Waals surface area contributed by atoms with Crippen molar-refractivity contribution in [3.05, 3.63) is 34.4 Å². The summed E-state index contributed by atoms with van der Waals surface area (Å²) in [5.74, 6) is -3.15. The van der Waals surface area contributed by atoms with Crippen LogP contribution in [0, 0.1) is 5.92 Å². The maximum Gasteiger partial charge on any atom is 1.00 e. The number of carbonyl (C=O) groups excluding carboxylic acids is 3. The number of aliphatic hydroxyl groups is 1. The molecular weight excluding hydrogens is 525 g/mol. The zero-order valence-corrected chi connectivity index (χ0v) is 23.5. The van der Waals surface area contributed by atoms with Crippen molar-refractivity contribution < 1.29 is 64.4 Å². The van der Waals surface area contributed by atoms with Gasteiger partial charge >= 0.3 is 29.6 Å². The van der Waals surface area contributed by atoms with Crippen LogP contribution in [0.3, 0.4) is 0 Å². The Hall–Kier alpha value is -1.48. The van der Waals surface area contributed by atoms with Gasteiger partial charge in [0.15, 0.2) is 11.5 Å². The molecule has 0 unspecified atom stereocenters. The second kappa shape index (κ2) is 11.3. The topological polar surface area (TPSA) is 145 Å². The first-order valence-corrected chi connectivity index (χ1v) is 12.7. The number of aliphatic hydroxyl groups excluding tert-OH is 1. The molecule has 0 aliphatic carbocycles. The van der Waals surface area contributed by atoms with Crippen LogP contribution in [0.1, 0.15) is 17.3 Å². The number of benzene rings is 1. The van der Waals surface area contributed by atoms with Gasteiger partial charge in [0.25, 0.3) is 5.91 Å². The Morgan fingerprint density at radius 2 is 1.83 bits per heavy atom. The number of β-lactam (4-membered cyclic amide) rings is 1. The first-order chi connectivity index (χ1) is 16.1. The maximum atomic E-state index is 12.7. The molecule has 1 aromatic rings. The van der Waals surface area contributed by atoms with E-state index in [0.717, 1.165) is 0 Å². The molecule has 3 heterocycles. The summed E-state index contributed by atoms with van der Waals surface area (Å²) in [6.45, 7) is 3.29. The molecule has 35 heavy (non-hydrogen) atoms. The van der Waals surface area contributed by atoms with Crippen molar-refractivity contribution in [3.63, 3.8) is 0 Å². The van der Waals surface area contributed by atoms with Gasteiger partial charge in [-0.2, -0.15) is 0 Å². The Kier molecular flexibility index (Phi) is 9.05. The second-order valence-corrected chi connectivity index (χ2v) is 10.9. The van der Waals surface area contributed by atoms with Crippen molar-refractivity contribution in [2.75, 3.05) is 31.9 Å². The van der Waals surface area contributed by atoms with E-state index in [1.54, 1.807) is 4.90 Å². The molecule has 2 amide bonds. The van der Waals surface area contributed by atoms with Gasteiger partial charge in [0.05, 0.1) is 23.7 Å². The average molecular weight is 548 g/mol. The van der Waals surface area contributed by atoms with Crippen LogP contribution in [0.25, 0.3) is 0 Å². The van der Waals surface area contributed by atoms with Crippen LogP contribution in [0.4, 0.5) is 0 Å². The summed E-state index contributed by atoms with van der Waals surface area (Å²) in [5.41, 5.74) is 0.121. The third-order valence-corrected chi connectivity index (χ3v) is 9.04. The van der Waals surface area contributed by atoms with Crippen molar-refractivity contribution in [2.24, 2.45) is 5.92 Å². The number of carbonyl (C=O) groups is 3. The van der Waals surface area contributed by atoms with Gasteiger partial charge in [0.1, 0.15) is 9.69 Å². The van der Waals surface area contributed by atoms with E-state index in [9.17, 15) is 34.8 Å². The minimum atomic E-state index is -1.43. The minimum absolute atomic E-state index is 0. The Bertz CT molecular complexity index is 1090. The van der Waals surface area contributed by atoms with Crippen LogP contribution < -0.4 is 34.7 Å². The maximum absolute atomic E-state index is 12.7. The number of aromatic hydroxyl groups is 2. The molecule has 182 valence electrons. The molecule has 0 spiro atoms. The number of phenols is 2. The van der Waals surface area contributed by atoms with Crippen LogP contribution in [0.2, 0.25) is 0 Å². The zero-order valence-electron chi connectivity index (χ0n) is 19.0. The average Bonchev–Trinajstić information content (AvgIpc) is 3.13. The summed E-state index contributed by atoms with van der Waals surface area (Å²) in [6, 6.07) is 3.94. The van der Waals surface area contributed by atoms with Crippen LogP contribution in [0.15, 0.2) is 28.8 Å². The fourth-order valence-corrected chi connectivity index (χ4v) is 7.05. The number of thiocarbonyl (C=S) groups is 1. The van der Waals surface area contributed by atoms with E-state index in [1.807, 2.05) is 4.90 Å². The summed E-state index contributed by atoms with van der Waals surface area (Å²) >= 11 is 8.03. The largest absolute Gasteiger partial charge is 1.00 e. The molecule has 3 atom stereocenters. The SMILES string of the molecule is C[C@@H](O)[C@H]1C(=O)N2C(C(=O)[O-])=C(CSC(=S)N3CCN(C(=O)c4ccc(O)c(O)c4)CC3)S[C@H]12.[Na+]. The molecule has 1 aromatic carbocycles. The Labute approximate surface area is 237 Å². The van der Waals surface area contributed by atoms with Gasteiger partial charge in [-0.15, -0.1) is 11.8 Å². The molecule has 4 rings (SSSR count). The van der Waals surface area contributed by atoms with Crippen molar-refractivity contribution in [3.8, 4) is 11.5 Å². The Morgan fingerprint density at radius 1 is 1.20 bits per heavy atom. The van der Waals surface area contributed by atoms with Crippen molar-refractivity contribution in [1.82, 2.24) is 14.7 Å². The molecule has 3 aliphatic rings. The first-order valence-electron chi connectivity index (χ1n) is 10.5. The minimum Gasteiger partial charge on any atom is -0.543 e. The number of phenolic OH excluding ortho intramolecular Hbond substituents is 2. The predicted octanol–water partition coefficient (Wildman–Crippen LogP) is -3.25. The molecule has 2 saturated heterocycles. The number of aliphatic carboxylic acids is 1. The molecule has 3 N–H and O–H groups in total. The van der Waals surface area contributed by atoms with Gasteiger partial charge in [-0.25, -0.2) is 0 Å². The van der Waals surface area contributed by atoms with E-state index in [4.69, 9.17) is 12.2 Å². The number of amides is 2. The van der Waals surface area contributed by atoms with Gasteiger partial charge in [-0.3, -0.25) is 14.5 Å². The van der Waals surface area contributed by atoms with Crippen molar-refractivity contribution in [1.29, 1.82) is 0 Å². The van der Waals surface area contributed by atoms with E-state index in [1.165, 1.54) is 53.5 Å². The summed E-state index contributed by atoms with van der Waals surface area (Å²) in [6.07, 6.45) is -0.873. The van der Waals surface area contributed by atoms with Crippen LogP contribution in [0.5, 0.6) is 11.5 Å². The number of fused-ring (bicyclic) bond motifs is 1. The first kappa shape index (κ1) is 28.1. The monoisotopic (exact) mass is 547 g/mol. The molecule has 2 fully saturated rings. The summed E-state index contributed by atoms with van der Waals surface area (Å²) in [4.78, 5) is 41.8. The number of carboxylic acid groups (broad SMARTS) is 1. The molecular formula is C21H22N3NaO7S3. The number of thioether (sulfide) groups is 2. The van der Waals surface area contributed by atoms with Crippen molar-refractivity contribution >= 4 is 57.8 Å². The van der Waals surface area contributed by atoms with E-state index in [-0.39, 0.29) is 64.0 Å². The number of rotatable bonds is 5. The summed E-state index contributed by atoms with van der Waals surface area (Å²) in [7, 11) is 0. The molecule has 0 radical (unpaired) electrons. The molecule has 0 bridgehead atoms. The van der Waals surface area contributed by atoms with E-state index >= 15 is 0 Å². The Morgan fingerprint density at radius 3 is 2.40 bits per heavy atom. The number of hydrogen-bond donors (Lipinski definition) is 3. The zero-order chi connectivity index (χ0) is 24.7. The second-order valence-electron chi connectivity index (χ2n) is 8.08. The van der Waals surface area contributed by atoms with E-state index in [2.05, 4.69) is 0 Å². The quantitative estimate of drug-likeness (QED) is 0.148. The fraction of sp³-hybridized carbons (Fsp3) is 0.429. The number of hydrogen-bond acceptors (Lipinski definition) is 10. The normalized spacial score (nSPS) is 22.3. The van der Waals surface area contributed by atoms with Gasteiger partial charge in [-0.05, 0) is 25.1 Å². The Balaban J connectivity index is 0.00000342. The number of piperazine rings is 1. The third kappa shape index (κ3) is 5.45. The van der Waals surface area contributed by atoms with Crippen LogP contribution in [-0.2, 0) is 9.59 Å². The summed E-state index contributed by atoms with van der Waals surface area (Å²) in [5, 5.41) is 40.1. The van der Waals surface area contributed by atoms with Crippen LogP contribution >= 0.6 is 35.7 Å².